The van der Waals surface area contributed by atoms with Crippen molar-refractivity contribution in [2.24, 2.45) is 35.2 Å². The van der Waals surface area contributed by atoms with Gasteiger partial charge in [0.05, 0.1) is 60.5 Å². The van der Waals surface area contributed by atoms with E-state index in [4.69, 9.17) is 0 Å². The molecule has 14 aromatic heterocycles. The normalized spacial score (nSPS) is 7.38. The van der Waals surface area contributed by atoms with Crippen molar-refractivity contribution in [3.05, 3.63) is 195 Å². The SMILES string of the molecule is CC.CC.CC.CC.CC.CC.CC.CC.CC.CC.CC.CC.CC.CC.Cc1ccn[nH]1.Cc1ccn[nH]1.Cc1cn[nH]c1.Cc1cn[nH]n1.Cc1cn[nH]n1.Cc1cn[nH]n1.Cc1ncn[nH]1.Cc1ncn[nH]1.Cc1ncn[nH]1.Cn1cccn1.Cn1ccnn1.Cn1cncn1.Cn1cnnc1.Cn1nccn1. The summed E-state index contributed by atoms with van der Waals surface area (Å²) in [7, 11) is 9.19. The summed E-state index contributed by atoms with van der Waals surface area (Å²) in [6.45, 7) is 73.1. The molecule has 0 aromatic carbocycles. The third kappa shape index (κ3) is 125. The summed E-state index contributed by atoms with van der Waals surface area (Å²) >= 11 is 0. The van der Waals surface area contributed by atoms with E-state index in [0.717, 1.165) is 45.9 Å². The standard InChI is InChI=1S/4C4H6N2.10C3H5N3.14C2H6/c1-4-2-5-6-3-4;1-6-4-2-3-5-6;2*1-4-2-3-5-6-4;1-6-2-4-5-3-6;1-6-3-4-2-5-6;1-6-3-2-4-5-6;1-6-4-2-3-5-6;3*1-3-4-2-5-6-3;3*1-3-2-4-6-5-3;14*1-2/h2-3H,1H3,(H,5,6);2-4H,1H3;2*2-3H,1H3,(H,5,6);4*2-3H,1H3;6*2H,1H3,(H,4,5,6);14*1-2H3. The number of hydrogen-bond acceptors (Lipinski definition) is 24. The van der Waals surface area contributed by atoms with Gasteiger partial charge in [-0.15, -0.1) is 15.3 Å². The number of aromatic nitrogens is 38. The highest BCUT2D eigenvalue weighted by molar-refractivity contribution is 4.97. The van der Waals surface area contributed by atoms with E-state index < -0.39 is 0 Å². The Hall–Kier alpha value is -11.8. The summed E-state index contributed by atoms with van der Waals surface area (Å²) in [5.74, 6) is 2.57. The van der Waals surface area contributed by atoms with E-state index in [1.807, 2.05) is 315 Å². The van der Waals surface area contributed by atoms with Crippen LogP contribution in [0, 0.1) is 62.3 Å². The van der Waals surface area contributed by atoms with E-state index in [1.54, 1.807) is 113 Å². The highest BCUT2D eigenvalue weighted by atomic mass is 15.4. The molecule has 0 atom stereocenters. The fourth-order valence-corrected chi connectivity index (χ4v) is 3.96. The van der Waals surface area contributed by atoms with Crippen LogP contribution in [0.1, 0.15) is 245 Å². The Morgan fingerprint density at radius 3 is 0.750 bits per heavy atom. The fraction of sp³-hybridized carbons (Fsp3) is 0.568. The van der Waals surface area contributed by atoms with Crippen LogP contribution in [0.5, 0.6) is 0 Å². The molecule has 0 saturated carbocycles. The number of hydrogen-bond donors (Lipinski definition) is 9. The number of aryl methyl sites for hydroxylation is 14. The molecule has 38 nitrogen and oxygen atoms in total. The molecular weight excluding hydrogens is 1420 g/mol. The van der Waals surface area contributed by atoms with Crippen LogP contribution in [0.2, 0.25) is 0 Å². The fourth-order valence-electron chi connectivity index (χ4n) is 3.96. The van der Waals surface area contributed by atoms with E-state index in [1.165, 1.54) is 35.7 Å². The van der Waals surface area contributed by atoms with Gasteiger partial charge in [0, 0.05) is 83.8 Å². The average Bonchev–Trinajstić information content (AvgIpc) is 4.71. The molecule has 0 radical (unpaired) electrons. The number of nitrogens with one attached hydrogen (secondary N) is 9. The van der Waals surface area contributed by atoms with Crippen LogP contribution >= 0.6 is 0 Å². The molecule has 0 aliphatic rings. The Kier molecular flexibility index (Phi) is 153. The monoisotopic (exact) mass is 1580 g/mol. The summed E-state index contributed by atoms with van der Waals surface area (Å²) in [4.78, 5) is 16.4. The van der Waals surface area contributed by atoms with E-state index in [2.05, 4.69) is 168 Å². The van der Waals surface area contributed by atoms with Gasteiger partial charge in [0.2, 0.25) is 0 Å². The molecule has 0 saturated heterocycles. The van der Waals surface area contributed by atoms with Gasteiger partial charge in [0.15, 0.2) is 0 Å². The predicted molar refractivity (Wildman–Crippen MR) is 463 cm³/mol. The van der Waals surface area contributed by atoms with Gasteiger partial charge in [-0.1, -0.05) is 199 Å². The molecule has 14 heterocycles. The topological polar surface area (TPSA) is 476 Å². The van der Waals surface area contributed by atoms with Crippen molar-refractivity contribution in [1.29, 1.82) is 0 Å². The van der Waals surface area contributed by atoms with Gasteiger partial charge < -0.3 is 4.57 Å². The minimum absolute atomic E-state index is 0.856. The lowest BCUT2D eigenvalue weighted by atomic mass is 10.4. The van der Waals surface area contributed by atoms with Crippen molar-refractivity contribution in [3.8, 4) is 0 Å². The van der Waals surface area contributed by atoms with E-state index in [0.29, 0.717) is 0 Å². The third-order valence-electron chi connectivity index (χ3n) is 7.91. The van der Waals surface area contributed by atoms with Crippen LogP contribution in [0.15, 0.2) is 143 Å². The lowest BCUT2D eigenvalue weighted by Crippen LogP contribution is -1.89. The Balaban J connectivity index is -0.0000000751. The van der Waals surface area contributed by atoms with Gasteiger partial charge in [-0.25, -0.2) is 19.9 Å². The molecule has 644 valence electrons. The Bertz CT molecular complexity index is 2410. The zero-order valence-corrected chi connectivity index (χ0v) is 77.2. The quantitative estimate of drug-likeness (QED) is 0.0681. The van der Waals surface area contributed by atoms with Crippen molar-refractivity contribution in [1.82, 2.24) is 192 Å². The van der Waals surface area contributed by atoms with E-state index in [-0.39, 0.29) is 0 Å². The number of H-pyrrole nitrogens is 9. The molecular formula is C74H158N38. The molecule has 38 heteroatoms. The van der Waals surface area contributed by atoms with E-state index in [9.17, 15) is 0 Å². The zero-order valence-electron chi connectivity index (χ0n) is 77.2. The first kappa shape index (κ1) is 133. The van der Waals surface area contributed by atoms with Crippen molar-refractivity contribution >= 4 is 0 Å². The van der Waals surface area contributed by atoms with Gasteiger partial charge >= 0.3 is 0 Å². The van der Waals surface area contributed by atoms with Crippen molar-refractivity contribution < 1.29 is 0 Å². The highest BCUT2D eigenvalue weighted by Gasteiger charge is 1.81. The summed E-state index contributed by atoms with van der Waals surface area (Å²) in [6.07, 6.45) is 33.3. The number of nitrogens with zero attached hydrogens (tertiary/aromatic N) is 29. The Morgan fingerprint density at radius 2 is 0.670 bits per heavy atom. The van der Waals surface area contributed by atoms with Gasteiger partial charge in [-0.3, -0.25) is 44.6 Å². The van der Waals surface area contributed by atoms with Crippen molar-refractivity contribution in [2.45, 2.75) is 256 Å². The molecule has 0 aliphatic carbocycles. The van der Waals surface area contributed by atoms with Crippen LogP contribution < -0.4 is 0 Å². The van der Waals surface area contributed by atoms with Crippen LogP contribution in [-0.4, -0.2) is 192 Å². The average molecular weight is 1580 g/mol. The van der Waals surface area contributed by atoms with Gasteiger partial charge in [-0.05, 0) is 86.1 Å². The predicted octanol–water partition coefficient (Wildman–Crippen LogP) is 16.9. The number of rotatable bonds is 0. The molecule has 0 unspecified atom stereocenters. The second-order valence-corrected chi connectivity index (χ2v) is 15.8. The summed E-state index contributed by atoms with van der Waals surface area (Å²) in [6, 6.07) is 5.72. The van der Waals surface area contributed by atoms with Crippen molar-refractivity contribution in [3.63, 3.8) is 0 Å². The molecule has 0 amide bonds. The molecule has 0 spiro atoms. The first-order valence-electron chi connectivity index (χ1n) is 38.4. The maximum absolute atomic E-state index is 3.83. The molecule has 14 aromatic rings. The largest absolute Gasteiger partial charge is 0.323 e. The lowest BCUT2D eigenvalue weighted by molar-refractivity contribution is 0.654. The first-order chi connectivity index (χ1) is 54.5. The van der Waals surface area contributed by atoms with Crippen LogP contribution in [0.25, 0.3) is 0 Å². The molecule has 0 bridgehead atoms. The Labute approximate surface area is 674 Å². The van der Waals surface area contributed by atoms with Crippen LogP contribution in [0.3, 0.4) is 0 Å². The molecule has 0 aliphatic heterocycles. The molecule has 14 rings (SSSR count). The maximum Gasteiger partial charge on any atom is 0.137 e. The first-order valence-corrected chi connectivity index (χ1v) is 38.4. The second-order valence-electron chi connectivity index (χ2n) is 15.8. The maximum atomic E-state index is 3.83. The van der Waals surface area contributed by atoms with Gasteiger partial charge in [0.25, 0.3) is 0 Å². The van der Waals surface area contributed by atoms with Gasteiger partial charge in [-0.2, -0.15) is 102 Å². The zero-order chi connectivity index (χ0) is 89.7. The van der Waals surface area contributed by atoms with Crippen molar-refractivity contribution in [2.75, 3.05) is 0 Å². The van der Waals surface area contributed by atoms with Crippen LogP contribution in [-0.2, 0) is 35.2 Å². The van der Waals surface area contributed by atoms with E-state index >= 15 is 0 Å². The summed E-state index contributed by atoms with van der Waals surface area (Å²) in [5.41, 5.74) is 6.17. The summed E-state index contributed by atoms with van der Waals surface area (Å²) in [5, 5.41) is 96.2. The molecule has 112 heavy (non-hydrogen) atoms. The smallest absolute Gasteiger partial charge is 0.137 e. The molecule has 9 N–H and O–H groups in total. The lowest BCUT2D eigenvalue weighted by Gasteiger charge is -1.77. The minimum Gasteiger partial charge on any atom is -0.323 e. The number of aromatic amines is 9. The highest BCUT2D eigenvalue weighted by Crippen LogP contribution is 1.85. The summed E-state index contributed by atoms with van der Waals surface area (Å²) < 4.78 is 6.81. The Morgan fingerprint density at radius 1 is 0.304 bits per heavy atom. The van der Waals surface area contributed by atoms with Crippen LogP contribution in [0.4, 0.5) is 0 Å². The second kappa shape index (κ2) is 129. The molecule has 0 fully saturated rings. The van der Waals surface area contributed by atoms with Gasteiger partial charge in [0.1, 0.15) is 61.8 Å². The minimum atomic E-state index is 0.856. The third-order valence-corrected chi connectivity index (χ3v) is 7.91.